The molecule has 4 rings (SSSR count). The van der Waals surface area contributed by atoms with E-state index < -0.39 is 5.92 Å². The third-order valence-corrected chi connectivity index (χ3v) is 5.26. The number of fused-ring (bicyclic) bond motifs is 2. The molecular weight excluding hydrogens is 348 g/mol. The standard InChI is InChI=1S/C16H11ClN4O2S/c17-9-3-1-8(2-4-9)11-10(7-18)13(19)23-14-12(11)15(22)21-5-6-24-16(21)20-14/h1-4,11H,5-6,19H2. The molecule has 8 heteroatoms. The zero-order valence-electron chi connectivity index (χ0n) is 12.3. The molecule has 2 aliphatic rings. The number of ether oxygens (including phenoxy) is 1. The molecule has 0 fully saturated rings. The molecule has 0 bridgehead atoms. The Bertz CT molecular complexity index is 975. The molecule has 0 saturated carbocycles. The van der Waals surface area contributed by atoms with Crippen molar-refractivity contribution in [3.8, 4) is 11.9 Å². The lowest BCUT2D eigenvalue weighted by molar-refractivity contribution is 0.365. The maximum Gasteiger partial charge on any atom is 0.262 e. The van der Waals surface area contributed by atoms with Gasteiger partial charge in [-0.15, -0.1) is 0 Å². The van der Waals surface area contributed by atoms with Gasteiger partial charge in [-0.05, 0) is 17.7 Å². The van der Waals surface area contributed by atoms with E-state index in [2.05, 4.69) is 11.1 Å². The smallest absolute Gasteiger partial charge is 0.262 e. The van der Waals surface area contributed by atoms with Gasteiger partial charge in [-0.1, -0.05) is 35.5 Å². The molecule has 1 aromatic heterocycles. The van der Waals surface area contributed by atoms with Crippen molar-refractivity contribution in [3.63, 3.8) is 0 Å². The number of rotatable bonds is 1. The van der Waals surface area contributed by atoms with Crippen LogP contribution < -0.4 is 16.0 Å². The fraction of sp³-hybridized carbons (Fsp3) is 0.188. The van der Waals surface area contributed by atoms with E-state index in [0.717, 1.165) is 11.3 Å². The average molecular weight is 359 g/mol. The van der Waals surface area contributed by atoms with Crippen LogP contribution >= 0.6 is 23.4 Å². The van der Waals surface area contributed by atoms with Crippen LogP contribution in [0, 0.1) is 11.3 Å². The van der Waals surface area contributed by atoms with Crippen LogP contribution in [0.2, 0.25) is 5.02 Å². The van der Waals surface area contributed by atoms with Crippen LogP contribution in [0.25, 0.3) is 0 Å². The summed E-state index contributed by atoms with van der Waals surface area (Å²) in [7, 11) is 0. The maximum atomic E-state index is 13.0. The summed E-state index contributed by atoms with van der Waals surface area (Å²) in [5, 5.41) is 10.7. The van der Waals surface area contributed by atoms with Crippen molar-refractivity contribution in [1.82, 2.24) is 9.55 Å². The molecule has 0 aliphatic carbocycles. The van der Waals surface area contributed by atoms with Gasteiger partial charge in [0.05, 0.1) is 11.5 Å². The highest BCUT2D eigenvalue weighted by Gasteiger charge is 2.36. The first-order valence-corrected chi connectivity index (χ1v) is 8.57. The number of allylic oxidation sites excluding steroid dienone is 1. The number of nitriles is 1. The molecular formula is C16H11ClN4O2S. The van der Waals surface area contributed by atoms with Crippen molar-refractivity contribution in [1.29, 1.82) is 5.26 Å². The van der Waals surface area contributed by atoms with E-state index in [9.17, 15) is 10.1 Å². The second kappa shape index (κ2) is 5.58. The first kappa shape index (κ1) is 15.1. The lowest BCUT2D eigenvalue weighted by atomic mass is 9.85. The highest BCUT2D eigenvalue weighted by Crippen LogP contribution is 2.40. The zero-order valence-corrected chi connectivity index (χ0v) is 13.9. The fourth-order valence-electron chi connectivity index (χ4n) is 2.95. The minimum Gasteiger partial charge on any atom is -0.422 e. The highest BCUT2D eigenvalue weighted by molar-refractivity contribution is 7.99. The number of nitrogens with two attached hydrogens (primary N) is 1. The van der Waals surface area contributed by atoms with Crippen LogP contribution in [0.4, 0.5) is 0 Å². The van der Waals surface area contributed by atoms with Crippen molar-refractivity contribution in [3.05, 3.63) is 62.2 Å². The van der Waals surface area contributed by atoms with Gasteiger partial charge in [0.1, 0.15) is 11.6 Å². The first-order chi connectivity index (χ1) is 11.6. The summed E-state index contributed by atoms with van der Waals surface area (Å²) in [6, 6.07) is 9.05. The van der Waals surface area contributed by atoms with Crippen LogP contribution in [0.15, 0.2) is 45.7 Å². The van der Waals surface area contributed by atoms with E-state index in [1.54, 1.807) is 28.8 Å². The molecule has 0 radical (unpaired) electrons. The Morgan fingerprint density at radius 2 is 2.17 bits per heavy atom. The molecule has 1 atom stereocenters. The summed E-state index contributed by atoms with van der Waals surface area (Å²) >= 11 is 7.44. The Morgan fingerprint density at radius 1 is 1.42 bits per heavy atom. The van der Waals surface area contributed by atoms with Crippen LogP contribution in [-0.2, 0) is 6.54 Å². The molecule has 24 heavy (non-hydrogen) atoms. The first-order valence-electron chi connectivity index (χ1n) is 7.20. The summed E-state index contributed by atoms with van der Waals surface area (Å²) in [5.41, 5.74) is 7.01. The number of aromatic nitrogens is 2. The Labute approximate surface area is 146 Å². The van der Waals surface area contributed by atoms with Gasteiger partial charge in [0.15, 0.2) is 5.16 Å². The van der Waals surface area contributed by atoms with Crippen LogP contribution in [0.1, 0.15) is 17.0 Å². The summed E-state index contributed by atoms with van der Waals surface area (Å²) in [6.07, 6.45) is 0. The Kier molecular flexibility index (Phi) is 3.52. The quantitative estimate of drug-likeness (QED) is 0.785. The molecule has 120 valence electrons. The molecule has 6 nitrogen and oxygen atoms in total. The minimum absolute atomic E-state index is 0.0233. The summed E-state index contributed by atoms with van der Waals surface area (Å²) in [5.74, 6) is 0.325. The monoisotopic (exact) mass is 358 g/mol. The van der Waals surface area contributed by atoms with Gasteiger partial charge in [0.2, 0.25) is 11.8 Å². The number of thioether (sulfide) groups is 1. The van der Waals surface area contributed by atoms with Gasteiger partial charge in [-0.2, -0.15) is 10.2 Å². The van der Waals surface area contributed by atoms with Gasteiger partial charge in [0, 0.05) is 17.3 Å². The zero-order chi connectivity index (χ0) is 16.8. The normalized spacial score (nSPS) is 18.6. The average Bonchev–Trinajstić information content (AvgIpc) is 3.03. The number of hydrogen-bond acceptors (Lipinski definition) is 6. The summed E-state index contributed by atoms with van der Waals surface area (Å²) < 4.78 is 7.11. The number of hydrogen-bond donors (Lipinski definition) is 1. The van der Waals surface area contributed by atoms with Crippen molar-refractivity contribution in [2.24, 2.45) is 5.73 Å². The second-order valence-corrected chi connectivity index (χ2v) is 6.89. The van der Waals surface area contributed by atoms with E-state index in [-0.39, 0.29) is 22.9 Å². The lowest BCUT2D eigenvalue weighted by Crippen LogP contribution is -2.32. The van der Waals surface area contributed by atoms with Crippen molar-refractivity contribution >= 4 is 23.4 Å². The molecule has 2 aromatic rings. The molecule has 0 spiro atoms. The predicted molar refractivity (Wildman–Crippen MR) is 90.0 cm³/mol. The molecule has 3 heterocycles. The molecule has 0 amide bonds. The van der Waals surface area contributed by atoms with Crippen LogP contribution in [-0.4, -0.2) is 15.3 Å². The largest absolute Gasteiger partial charge is 0.422 e. The fourth-order valence-corrected chi connectivity index (χ4v) is 4.01. The highest BCUT2D eigenvalue weighted by atomic mass is 35.5. The topological polar surface area (TPSA) is 93.9 Å². The van der Waals surface area contributed by atoms with Gasteiger partial charge in [-0.3, -0.25) is 9.36 Å². The predicted octanol–water partition coefficient (Wildman–Crippen LogP) is 2.22. The Balaban J connectivity index is 2.00. The van der Waals surface area contributed by atoms with Crippen molar-refractivity contribution < 1.29 is 4.74 Å². The van der Waals surface area contributed by atoms with Gasteiger partial charge < -0.3 is 10.5 Å². The summed E-state index contributed by atoms with van der Waals surface area (Å²) in [4.78, 5) is 17.4. The van der Waals surface area contributed by atoms with Crippen LogP contribution in [0.5, 0.6) is 5.88 Å². The number of nitrogens with zero attached hydrogens (tertiary/aromatic N) is 3. The van der Waals surface area contributed by atoms with Crippen molar-refractivity contribution in [2.75, 3.05) is 5.75 Å². The van der Waals surface area contributed by atoms with Crippen molar-refractivity contribution in [2.45, 2.75) is 17.6 Å². The molecule has 2 N–H and O–H groups in total. The Morgan fingerprint density at radius 3 is 2.88 bits per heavy atom. The molecule has 0 saturated heterocycles. The maximum absolute atomic E-state index is 13.0. The molecule has 1 unspecified atom stereocenters. The number of benzene rings is 1. The third-order valence-electron chi connectivity index (χ3n) is 4.05. The van der Waals surface area contributed by atoms with Gasteiger partial charge in [-0.25, -0.2) is 0 Å². The van der Waals surface area contributed by atoms with E-state index in [1.807, 2.05) is 0 Å². The summed E-state index contributed by atoms with van der Waals surface area (Å²) in [6.45, 7) is 0.591. The van der Waals surface area contributed by atoms with E-state index >= 15 is 0 Å². The van der Waals surface area contributed by atoms with Gasteiger partial charge >= 0.3 is 0 Å². The van der Waals surface area contributed by atoms with Gasteiger partial charge in [0.25, 0.3) is 5.56 Å². The molecule has 2 aliphatic heterocycles. The third kappa shape index (κ3) is 2.19. The van der Waals surface area contributed by atoms with E-state index in [1.165, 1.54) is 11.8 Å². The van der Waals surface area contributed by atoms with E-state index in [4.69, 9.17) is 22.1 Å². The second-order valence-electron chi connectivity index (χ2n) is 5.39. The van der Waals surface area contributed by atoms with E-state index in [0.29, 0.717) is 22.3 Å². The molecule has 1 aromatic carbocycles. The Hall–Kier alpha value is -2.43. The van der Waals surface area contributed by atoms with Crippen LogP contribution in [0.3, 0.4) is 0 Å². The SMILES string of the molecule is N#CC1=C(N)Oc2nc3n(c(=O)c2C1c1ccc(Cl)cc1)CCS3. The lowest BCUT2D eigenvalue weighted by Gasteiger charge is -2.25. The number of halogens is 1. The minimum atomic E-state index is -0.612.